The number of hydrogen-bond donors (Lipinski definition) is 1. The van der Waals surface area contributed by atoms with Crippen LogP contribution in [-0.2, 0) is 22.9 Å². The molecular weight excluding hydrogens is 362 g/mol. The molecule has 3 aromatic rings. The van der Waals surface area contributed by atoms with Gasteiger partial charge in [0.05, 0.1) is 4.88 Å². The van der Waals surface area contributed by atoms with Crippen molar-refractivity contribution in [2.45, 2.75) is 29.4 Å². The molecule has 0 fully saturated rings. The minimum atomic E-state index is -3.76. The van der Waals surface area contributed by atoms with Gasteiger partial charge in [-0.15, -0.1) is 16.4 Å². The van der Waals surface area contributed by atoms with Crippen LogP contribution in [-0.4, -0.2) is 18.0 Å². The zero-order valence-corrected chi connectivity index (χ0v) is 15.1. The van der Waals surface area contributed by atoms with E-state index in [0.717, 1.165) is 29.7 Å². The van der Waals surface area contributed by atoms with Gasteiger partial charge >= 0.3 is 0 Å². The molecular formula is C16H15N3O2S3. The van der Waals surface area contributed by atoms with Crippen LogP contribution in [0.25, 0.3) is 10.6 Å². The number of nitrogens with two attached hydrogens (primary N) is 1. The summed E-state index contributed by atoms with van der Waals surface area (Å²) in [6.07, 6.45) is 2.71. The fraction of sp³-hybridized carbons (Fsp3) is 0.250. The summed E-state index contributed by atoms with van der Waals surface area (Å²) in [5.74, 6) is 0.157. The van der Waals surface area contributed by atoms with Gasteiger partial charge in [-0.2, -0.15) is 0 Å². The molecule has 124 valence electrons. The molecule has 1 aliphatic carbocycles. The molecule has 0 radical (unpaired) electrons. The Kier molecular flexibility index (Phi) is 4.00. The second-order valence-corrected chi connectivity index (χ2v) is 9.32. The molecule has 2 aromatic heterocycles. The smallest absolute Gasteiger partial charge is 0.224 e. The number of thiophene rings is 1. The fourth-order valence-electron chi connectivity index (χ4n) is 3.26. The van der Waals surface area contributed by atoms with Crippen LogP contribution in [0.15, 0.2) is 39.9 Å². The third-order valence-corrected chi connectivity index (χ3v) is 7.55. The number of benzene rings is 1. The van der Waals surface area contributed by atoms with Gasteiger partial charge in [0, 0.05) is 5.38 Å². The van der Waals surface area contributed by atoms with E-state index in [0.29, 0.717) is 5.69 Å². The highest BCUT2D eigenvalue weighted by atomic mass is 32.2. The Labute approximate surface area is 148 Å². The van der Waals surface area contributed by atoms with Gasteiger partial charge in [0.25, 0.3) is 0 Å². The lowest BCUT2D eigenvalue weighted by Crippen LogP contribution is -2.17. The quantitative estimate of drug-likeness (QED) is 0.759. The summed E-state index contributed by atoms with van der Waals surface area (Å²) >= 11 is 2.44. The average molecular weight is 378 g/mol. The van der Waals surface area contributed by atoms with Crippen LogP contribution in [0.4, 0.5) is 0 Å². The number of fused-ring (bicyclic) bond motifs is 1. The van der Waals surface area contributed by atoms with Crippen LogP contribution in [0.3, 0.4) is 0 Å². The van der Waals surface area contributed by atoms with Crippen LogP contribution in [0.1, 0.15) is 29.0 Å². The third kappa shape index (κ3) is 2.90. The van der Waals surface area contributed by atoms with Gasteiger partial charge in [0.2, 0.25) is 10.0 Å². The predicted molar refractivity (Wildman–Crippen MR) is 95.8 cm³/mol. The first-order valence-electron chi connectivity index (χ1n) is 7.53. The highest BCUT2D eigenvalue weighted by Crippen LogP contribution is 2.41. The normalized spacial score (nSPS) is 17.6. The molecule has 2 heterocycles. The van der Waals surface area contributed by atoms with Gasteiger partial charge < -0.3 is 0 Å². The molecule has 1 aromatic carbocycles. The Morgan fingerprint density at radius 3 is 2.71 bits per heavy atom. The monoisotopic (exact) mass is 377 g/mol. The fourth-order valence-corrected chi connectivity index (χ4v) is 6.01. The first-order valence-corrected chi connectivity index (χ1v) is 10.7. The maximum Gasteiger partial charge on any atom is 0.247 e. The Morgan fingerprint density at radius 2 is 2.00 bits per heavy atom. The highest BCUT2D eigenvalue weighted by molar-refractivity contribution is 7.91. The predicted octanol–water partition coefficient (Wildman–Crippen LogP) is 3.19. The lowest BCUT2D eigenvalue weighted by atomic mass is 9.81. The van der Waals surface area contributed by atoms with E-state index < -0.39 is 10.0 Å². The summed E-state index contributed by atoms with van der Waals surface area (Å²) in [5, 5.41) is 11.3. The summed E-state index contributed by atoms with van der Waals surface area (Å²) in [6.45, 7) is 0. The van der Waals surface area contributed by atoms with E-state index in [4.69, 9.17) is 5.14 Å². The van der Waals surface area contributed by atoms with Gasteiger partial charge in [-0.05, 0) is 59.5 Å². The number of aromatic nitrogens is 2. The van der Waals surface area contributed by atoms with Crippen molar-refractivity contribution in [3.63, 3.8) is 0 Å². The van der Waals surface area contributed by atoms with E-state index in [1.54, 1.807) is 0 Å². The standard InChI is InChI=1S/C16H15N3O2S3/c17-24(20,21)16-13(8-15(23-16)14-9-22-19-18-14)12-6-5-10-3-1-2-4-11(10)7-12/h1-4,8-9,12H,5-7H2,(H2,17,20,21). The molecule has 1 aliphatic rings. The topological polar surface area (TPSA) is 85.9 Å². The molecule has 0 spiro atoms. The van der Waals surface area contributed by atoms with Gasteiger partial charge in [0.1, 0.15) is 9.90 Å². The average Bonchev–Trinajstić information content (AvgIpc) is 3.23. The van der Waals surface area contributed by atoms with Crippen molar-refractivity contribution in [3.8, 4) is 10.6 Å². The maximum atomic E-state index is 12.1. The van der Waals surface area contributed by atoms with Gasteiger partial charge in [-0.1, -0.05) is 28.8 Å². The van der Waals surface area contributed by atoms with Gasteiger partial charge in [-0.25, -0.2) is 13.6 Å². The van der Waals surface area contributed by atoms with Crippen LogP contribution in [0, 0.1) is 0 Å². The zero-order chi connectivity index (χ0) is 16.7. The second-order valence-electron chi connectivity index (χ2n) is 5.90. The van der Waals surface area contributed by atoms with Crippen LogP contribution in [0.2, 0.25) is 0 Å². The largest absolute Gasteiger partial charge is 0.247 e. The van der Waals surface area contributed by atoms with E-state index in [1.165, 1.54) is 34.0 Å². The molecule has 0 bridgehead atoms. The number of rotatable bonds is 3. The highest BCUT2D eigenvalue weighted by Gasteiger charge is 2.28. The number of sulfonamides is 1. The van der Waals surface area contributed by atoms with Crippen molar-refractivity contribution in [1.82, 2.24) is 9.59 Å². The molecule has 2 N–H and O–H groups in total. The molecule has 8 heteroatoms. The third-order valence-electron chi connectivity index (χ3n) is 4.38. The molecule has 0 amide bonds. The van der Waals surface area contributed by atoms with Crippen LogP contribution in [0.5, 0.6) is 0 Å². The SMILES string of the molecule is NS(=O)(=O)c1sc(-c2csnn2)cc1C1CCc2ccccc2C1. The first-order chi connectivity index (χ1) is 11.5. The summed E-state index contributed by atoms with van der Waals surface area (Å²) < 4.78 is 28.3. The molecule has 0 saturated carbocycles. The Hall–Kier alpha value is -1.61. The number of nitrogens with zero attached hydrogens (tertiary/aromatic N) is 2. The molecule has 4 rings (SSSR count). The summed E-state index contributed by atoms with van der Waals surface area (Å²) in [5.41, 5.74) is 4.17. The minimum absolute atomic E-state index is 0.157. The number of hydrogen-bond acceptors (Lipinski definition) is 6. The van der Waals surface area contributed by atoms with Crippen LogP contribution >= 0.6 is 22.9 Å². The summed E-state index contributed by atoms with van der Waals surface area (Å²) in [4.78, 5) is 0.807. The molecule has 1 unspecified atom stereocenters. The van der Waals surface area contributed by atoms with Gasteiger partial charge in [-0.3, -0.25) is 0 Å². The van der Waals surface area contributed by atoms with Crippen molar-refractivity contribution in [2.75, 3.05) is 0 Å². The van der Waals surface area contributed by atoms with Crippen LogP contribution < -0.4 is 5.14 Å². The molecule has 1 atom stereocenters. The zero-order valence-electron chi connectivity index (χ0n) is 12.7. The molecule has 0 aliphatic heterocycles. The number of aryl methyl sites for hydroxylation is 1. The molecule has 0 saturated heterocycles. The van der Waals surface area contributed by atoms with Crippen molar-refractivity contribution < 1.29 is 8.42 Å². The van der Waals surface area contributed by atoms with E-state index in [9.17, 15) is 8.42 Å². The lowest BCUT2D eigenvalue weighted by Gasteiger charge is -2.24. The van der Waals surface area contributed by atoms with E-state index in [2.05, 4.69) is 21.7 Å². The van der Waals surface area contributed by atoms with Crippen molar-refractivity contribution >= 4 is 32.9 Å². The Balaban J connectivity index is 1.78. The minimum Gasteiger partial charge on any atom is -0.224 e. The Morgan fingerprint density at radius 1 is 1.21 bits per heavy atom. The summed E-state index contributed by atoms with van der Waals surface area (Å²) in [7, 11) is -3.76. The maximum absolute atomic E-state index is 12.1. The van der Waals surface area contributed by atoms with Crippen molar-refractivity contribution in [2.24, 2.45) is 5.14 Å². The molecule has 5 nitrogen and oxygen atoms in total. The Bertz CT molecular complexity index is 978. The van der Waals surface area contributed by atoms with E-state index in [-0.39, 0.29) is 10.1 Å². The lowest BCUT2D eigenvalue weighted by molar-refractivity contribution is 0.570. The number of primary sulfonamides is 1. The first kappa shape index (κ1) is 15.9. The van der Waals surface area contributed by atoms with E-state index >= 15 is 0 Å². The molecule has 24 heavy (non-hydrogen) atoms. The van der Waals surface area contributed by atoms with Crippen molar-refractivity contribution in [1.29, 1.82) is 0 Å². The van der Waals surface area contributed by atoms with E-state index in [1.807, 2.05) is 23.6 Å². The second kappa shape index (κ2) is 6.03. The van der Waals surface area contributed by atoms with Crippen molar-refractivity contribution in [3.05, 3.63) is 52.4 Å². The summed E-state index contributed by atoms with van der Waals surface area (Å²) in [6, 6.07) is 10.3. The van der Waals surface area contributed by atoms with Gasteiger partial charge in [0.15, 0.2) is 0 Å².